The molecule has 0 amide bonds. The van der Waals surface area contributed by atoms with Crippen LogP contribution < -0.4 is 9.47 Å². The van der Waals surface area contributed by atoms with Gasteiger partial charge in [-0.2, -0.15) is 4.98 Å². The van der Waals surface area contributed by atoms with Crippen molar-refractivity contribution in [2.45, 2.75) is 17.6 Å². The van der Waals surface area contributed by atoms with E-state index in [0.29, 0.717) is 11.6 Å². The highest BCUT2D eigenvalue weighted by Gasteiger charge is 2.24. The molecule has 0 bridgehead atoms. The molecule has 0 radical (unpaired) electrons. The van der Waals surface area contributed by atoms with Crippen LogP contribution in [-0.2, 0) is 15.6 Å². The summed E-state index contributed by atoms with van der Waals surface area (Å²) in [6.45, 7) is 1.97. The highest BCUT2D eigenvalue weighted by molar-refractivity contribution is 7.90. The first-order valence-corrected chi connectivity index (χ1v) is 9.42. The van der Waals surface area contributed by atoms with E-state index in [-0.39, 0.29) is 16.5 Å². The standard InChI is InChI=1S/C18H18N2O5S/c1-12-4-6-13(7-5-12)18-19-17(25-20-18)11-26(21,22)16-10-14(23-2)8-9-15(16)24-3/h4-10H,11H2,1-3H3. The molecule has 1 aromatic heterocycles. The van der Waals surface area contributed by atoms with Crippen LogP contribution in [0.15, 0.2) is 51.9 Å². The summed E-state index contributed by atoms with van der Waals surface area (Å²) in [5.41, 5.74) is 1.85. The number of hydrogen-bond acceptors (Lipinski definition) is 7. The fraction of sp³-hybridized carbons (Fsp3) is 0.222. The average molecular weight is 374 g/mol. The van der Waals surface area contributed by atoms with Crippen LogP contribution in [0.2, 0.25) is 0 Å². The number of aromatic nitrogens is 2. The van der Waals surface area contributed by atoms with Gasteiger partial charge in [-0.1, -0.05) is 35.0 Å². The van der Waals surface area contributed by atoms with Gasteiger partial charge in [-0.3, -0.25) is 0 Å². The van der Waals surface area contributed by atoms with Crippen LogP contribution in [0.1, 0.15) is 11.5 Å². The lowest BCUT2D eigenvalue weighted by molar-refractivity contribution is 0.386. The summed E-state index contributed by atoms with van der Waals surface area (Å²) in [5, 5.41) is 3.86. The number of rotatable bonds is 6. The largest absolute Gasteiger partial charge is 0.497 e. The Morgan fingerprint density at radius 3 is 2.42 bits per heavy atom. The highest BCUT2D eigenvalue weighted by Crippen LogP contribution is 2.30. The first-order valence-electron chi connectivity index (χ1n) is 7.77. The molecule has 0 aliphatic carbocycles. The molecular weight excluding hydrogens is 356 g/mol. The molecule has 26 heavy (non-hydrogen) atoms. The van der Waals surface area contributed by atoms with Crippen LogP contribution in [0.3, 0.4) is 0 Å². The summed E-state index contributed by atoms with van der Waals surface area (Å²) in [6, 6.07) is 12.1. The molecule has 0 N–H and O–H groups in total. The molecule has 136 valence electrons. The van der Waals surface area contributed by atoms with Gasteiger partial charge >= 0.3 is 0 Å². The molecule has 7 nitrogen and oxygen atoms in total. The Hall–Kier alpha value is -2.87. The Morgan fingerprint density at radius 2 is 1.77 bits per heavy atom. The van der Waals surface area contributed by atoms with E-state index in [1.54, 1.807) is 6.07 Å². The van der Waals surface area contributed by atoms with Crippen molar-refractivity contribution in [2.75, 3.05) is 14.2 Å². The van der Waals surface area contributed by atoms with Crippen LogP contribution in [-0.4, -0.2) is 32.8 Å². The predicted molar refractivity (Wildman–Crippen MR) is 94.9 cm³/mol. The Bertz CT molecular complexity index is 1010. The van der Waals surface area contributed by atoms with Crippen molar-refractivity contribution in [3.05, 3.63) is 53.9 Å². The second-order valence-corrected chi connectivity index (χ2v) is 7.61. The monoisotopic (exact) mass is 374 g/mol. The van der Waals surface area contributed by atoms with Gasteiger partial charge in [0.05, 0.1) is 14.2 Å². The van der Waals surface area contributed by atoms with Gasteiger partial charge in [-0.05, 0) is 19.1 Å². The molecule has 0 saturated heterocycles. The zero-order valence-corrected chi connectivity index (χ0v) is 15.4. The number of hydrogen-bond donors (Lipinski definition) is 0. The maximum atomic E-state index is 12.8. The first-order chi connectivity index (χ1) is 12.4. The van der Waals surface area contributed by atoms with E-state index in [1.165, 1.54) is 26.4 Å². The Balaban J connectivity index is 1.90. The molecule has 0 saturated carbocycles. The van der Waals surface area contributed by atoms with Crippen molar-refractivity contribution in [1.82, 2.24) is 10.1 Å². The molecule has 8 heteroatoms. The van der Waals surface area contributed by atoms with Crippen molar-refractivity contribution in [3.8, 4) is 22.9 Å². The maximum Gasteiger partial charge on any atom is 0.242 e. The highest BCUT2D eigenvalue weighted by atomic mass is 32.2. The van der Waals surface area contributed by atoms with Crippen molar-refractivity contribution >= 4 is 9.84 Å². The van der Waals surface area contributed by atoms with E-state index in [2.05, 4.69) is 10.1 Å². The van der Waals surface area contributed by atoms with E-state index in [0.717, 1.165) is 11.1 Å². The molecule has 0 fully saturated rings. The Labute approximate surface area is 151 Å². The number of sulfone groups is 1. The van der Waals surface area contributed by atoms with E-state index in [1.807, 2.05) is 31.2 Å². The van der Waals surface area contributed by atoms with Gasteiger partial charge in [-0.15, -0.1) is 0 Å². The second kappa shape index (κ2) is 7.17. The van der Waals surface area contributed by atoms with Gasteiger partial charge in [0.25, 0.3) is 0 Å². The molecule has 0 aliphatic heterocycles. The van der Waals surface area contributed by atoms with E-state index >= 15 is 0 Å². The fourth-order valence-corrected chi connectivity index (χ4v) is 3.75. The van der Waals surface area contributed by atoms with Crippen molar-refractivity contribution in [2.24, 2.45) is 0 Å². The van der Waals surface area contributed by atoms with Crippen LogP contribution >= 0.6 is 0 Å². The predicted octanol–water partition coefficient (Wildman–Crippen LogP) is 3.04. The second-order valence-electron chi connectivity index (χ2n) is 5.65. The molecule has 0 aliphatic rings. The summed E-state index contributed by atoms with van der Waals surface area (Å²) in [7, 11) is -0.897. The first kappa shape index (κ1) is 17.9. The van der Waals surface area contributed by atoms with Gasteiger partial charge in [0, 0.05) is 11.6 Å². The Morgan fingerprint density at radius 1 is 1.04 bits per heavy atom. The van der Waals surface area contributed by atoms with Crippen LogP contribution in [0.5, 0.6) is 11.5 Å². The number of nitrogens with zero attached hydrogens (tertiary/aromatic N) is 2. The van der Waals surface area contributed by atoms with Gasteiger partial charge in [-0.25, -0.2) is 8.42 Å². The van der Waals surface area contributed by atoms with E-state index in [4.69, 9.17) is 14.0 Å². The van der Waals surface area contributed by atoms with Gasteiger partial charge in [0.2, 0.25) is 11.7 Å². The maximum absolute atomic E-state index is 12.8. The van der Waals surface area contributed by atoms with Crippen LogP contribution in [0, 0.1) is 6.92 Å². The van der Waals surface area contributed by atoms with Gasteiger partial charge in [0.1, 0.15) is 22.1 Å². The Kier molecular flexibility index (Phi) is 4.94. The summed E-state index contributed by atoms with van der Waals surface area (Å²) >= 11 is 0. The summed E-state index contributed by atoms with van der Waals surface area (Å²) in [4.78, 5) is 4.20. The molecule has 2 aromatic carbocycles. The summed E-state index contributed by atoms with van der Waals surface area (Å²) < 4.78 is 40.9. The lowest BCUT2D eigenvalue weighted by atomic mass is 10.1. The minimum Gasteiger partial charge on any atom is -0.497 e. The van der Waals surface area contributed by atoms with Crippen molar-refractivity contribution in [1.29, 1.82) is 0 Å². The van der Waals surface area contributed by atoms with E-state index < -0.39 is 15.6 Å². The van der Waals surface area contributed by atoms with Crippen LogP contribution in [0.25, 0.3) is 11.4 Å². The third kappa shape index (κ3) is 3.70. The minimum atomic E-state index is -3.77. The topological polar surface area (TPSA) is 91.5 Å². The quantitative estimate of drug-likeness (QED) is 0.655. The minimum absolute atomic E-state index is 0.00504. The smallest absolute Gasteiger partial charge is 0.242 e. The SMILES string of the molecule is COc1ccc(OC)c(S(=O)(=O)Cc2nc(-c3ccc(C)cc3)no2)c1. The normalized spacial score (nSPS) is 11.3. The molecule has 0 spiro atoms. The number of ether oxygens (including phenoxy) is 2. The fourth-order valence-electron chi connectivity index (χ4n) is 2.40. The molecule has 1 heterocycles. The summed E-state index contributed by atoms with van der Waals surface area (Å²) in [6.07, 6.45) is 0. The van der Waals surface area contributed by atoms with Crippen molar-refractivity contribution in [3.63, 3.8) is 0 Å². The van der Waals surface area contributed by atoms with E-state index in [9.17, 15) is 8.42 Å². The van der Waals surface area contributed by atoms with Gasteiger partial charge < -0.3 is 14.0 Å². The lowest BCUT2D eigenvalue weighted by Crippen LogP contribution is -2.07. The third-order valence-electron chi connectivity index (χ3n) is 3.80. The average Bonchev–Trinajstić information content (AvgIpc) is 3.09. The molecule has 3 rings (SSSR count). The molecule has 0 atom stereocenters. The zero-order valence-electron chi connectivity index (χ0n) is 14.6. The number of benzene rings is 2. The summed E-state index contributed by atoms with van der Waals surface area (Å²) in [5.74, 6) is 0.549. The van der Waals surface area contributed by atoms with Crippen LogP contribution in [0.4, 0.5) is 0 Å². The lowest BCUT2D eigenvalue weighted by Gasteiger charge is -2.10. The molecular formula is C18H18N2O5S. The number of aryl methyl sites for hydroxylation is 1. The molecule has 3 aromatic rings. The zero-order chi connectivity index (χ0) is 18.7. The van der Waals surface area contributed by atoms with Crippen molar-refractivity contribution < 1.29 is 22.4 Å². The van der Waals surface area contributed by atoms with Gasteiger partial charge in [0.15, 0.2) is 9.84 Å². The third-order valence-corrected chi connectivity index (χ3v) is 5.41. The number of methoxy groups -OCH3 is 2. The molecule has 0 unspecified atom stereocenters.